The minimum absolute atomic E-state index is 0.164. The molecule has 0 saturated carbocycles. The molecule has 1 saturated heterocycles. The fourth-order valence-electron chi connectivity index (χ4n) is 2.05. The van der Waals surface area contributed by atoms with Gasteiger partial charge in [-0.1, -0.05) is 0 Å². The Balaban J connectivity index is 1.93. The molecule has 1 aromatic rings. The summed E-state index contributed by atoms with van der Waals surface area (Å²) in [5.74, 6) is -0.296. The van der Waals surface area contributed by atoms with E-state index in [1.807, 2.05) is 4.90 Å². The Morgan fingerprint density at radius 2 is 1.95 bits per heavy atom. The number of hydrogen-bond acceptors (Lipinski definition) is 5. The molecular formula is C11H17N5O3. The number of aromatic nitrogens is 3. The molecule has 19 heavy (non-hydrogen) atoms. The molecule has 2 heterocycles. The summed E-state index contributed by atoms with van der Waals surface area (Å²) in [5.41, 5.74) is 0. The fraction of sp³-hybridized carbons (Fsp3) is 0.636. The minimum Gasteiger partial charge on any atom is -0.480 e. The van der Waals surface area contributed by atoms with Crippen LogP contribution >= 0.6 is 0 Å². The third-order valence-corrected chi connectivity index (χ3v) is 3.30. The second kappa shape index (κ2) is 5.35. The van der Waals surface area contributed by atoms with Gasteiger partial charge in [0.25, 0.3) is 5.91 Å². The SMILES string of the molecule is Cc1nc(C(=O)N2CCN(C(C)C(=O)O)CC2)n[nH]1. The number of carboxylic acids is 1. The smallest absolute Gasteiger partial charge is 0.320 e. The summed E-state index contributed by atoms with van der Waals surface area (Å²) in [6.45, 7) is 5.45. The van der Waals surface area contributed by atoms with Crippen LogP contribution in [0.25, 0.3) is 0 Å². The monoisotopic (exact) mass is 267 g/mol. The maximum Gasteiger partial charge on any atom is 0.320 e. The molecule has 1 amide bonds. The van der Waals surface area contributed by atoms with E-state index in [4.69, 9.17) is 5.11 Å². The molecule has 104 valence electrons. The topological polar surface area (TPSA) is 102 Å². The van der Waals surface area contributed by atoms with Crippen LogP contribution in [0.1, 0.15) is 23.4 Å². The van der Waals surface area contributed by atoms with Crippen LogP contribution in [0.4, 0.5) is 0 Å². The Hall–Kier alpha value is -1.96. The third-order valence-electron chi connectivity index (χ3n) is 3.30. The molecular weight excluding hydrogens is 250 g/mol. The summed E-state index contributed by atoms with van der Waals surface area (Å²) in [4.78, 5) is 30.5. The molecule has 1 fully saturated rings. The van der Waals surface area contributed by atoms with E-state index in [9.17, 15) is 9.59 Å². The molecule has 2 rings (SSSR count). The summed E-state index contributed by atoms with van der Waals surface area (Å²) < 4.78 is 0. The molecule has 1 aliphatic rings. The Labute approximate surface area is 110 Å². The van der Waals surface area contributed by atoms with Gasteiger partial charge >= 0.3 is 5.97 Å². The predicted molar refractivity (Wildman–Crippen MR) is 65.7 cm³/mol. The number of nitrogens with zero attached hydrogens (tertiary/aromatic N) is 4. The number of hydrogen-bond donors (Lipinski definition) is 2. The summed E-state index contributed by atoms with van der Waals surface area (Å²) in [5, 5.41) is 15.4. The number of amides is 1. The molecule has 8 heteroatoms. The number of carbonyl (C=O) groups is 2. The van der Waals surface area contributed by atoms with Crippen molar-refractivity contribution in [3.8, 4) is 0 Å². The highest BCUT2D eigenvalue weighted by Gasteiger charge is 2.28. The van der Waals surface area contributed by atoms with Gasteiger partial charge in [0, 0.05) is 26.2 Å². The maximum atomic E-state index is 12.1. The largest absolute Gasteiger partial charge is 0.480 e. The van der Waals surface area contributed by atoms with Crippen molar-refractivity contribution in [3.63, 3.8) is 0 Å². The quantitative estimate of drug-likeness (QED) is 0.754. The number of H-pyrrole nitrogens is 1. The molecule has 8 nitrogen and oxygen atoms in total. The molecule has 0 radical (unpaired) electrons. The molecule has 2 N–H and O–H groups in total. The Bertz CT molecular complexity index is 478. The highest BCUT2D eigenvalue weighted by molar-refractivity contribution is 5.90. The first-order valence-electron chi connectivity index (χ1n) is 6.14. The third kappa shape index (κ3) is 2.90. The van der Waals surface area contributed by atoms with Crippen LogP contribution in [-0.4, -0.2) is 74.2 Å². The van der Waals surface area contributed by atoms with Gasteiger partial charge in [-0.15, -0.1) is 5.10 Å². The molecule has 1 aromatic heterocycles. The average molecular weight is 267 g/mol. The summed E-state index contributed by atoms with van der Waals surface area (Å²) >= 11 is 0. The number of aromatic amines is 1. The van der Waals surface area contributed by atoms with Crippen molar-refractivity contribution in [2.75, 3.05) is 26.2 Å². The lowest BCUT2D eigenvalue weighted by Crippen LogP contribution is -2.53. The van der Waals surface area contributed by atoms with Gasteiger partial charge in [-0.25, -0.2) is 4.98 Å². The second-order valence-corrected chi connectivity index (χ2v) is 4.59. The first-order chi connectivity index (χ1) is 8.99. The standard InChI is InChI=1S/C11H17N5O3/c1-7(11(18)19)15-3-5-16(6-4-15)10(17)9-12-8(2)13-14-9/h7H,3-6H2,1-2H3,(H,18,19)(H,12,13,14). The van der Waals surface area contributed by atoms with E-state index in [1.165, 1.54) is 0 Å². The van der Waals surface area contributed by atoms with Gasteiger partial charge in [0.05, 0.1) is 0 Å². The number of aliphatic carboxylic acids is 1. The molecule has 1 atom stereocenters. The lowest BCUT2D eigenvalue weighted by Gasteiger charge is -2.36. The number of aryl methyl sites for hydroxylation is 1. The number of nitrogens with one attached hydrogen (secondary N) is 1. The van der Waals surface area contributed by atoms with E-state index < -0.39 is 12.0 Å². The number of rotatable bonds is 3. The van der Waals surface area contributed by atoms with Gasteiger partial charge in [-0.05, 0) is 13.8 Å². The van der Waals surface area contributed by atoms with E-state index in [0.717, 1.165) is 0 Å². The predicted octanol–water partition coefficient (Wildman–Crippen LogP) is -0.656. The van der Waals surface area contributed by atoms with Gasteiger partial charge in [0.15, 0.2) is 0 Å². The van der Waals surface area contributed by atoms with Crippen molar-refractivity contribution in [3.05, 3.63) is 11.6 Å². The number of carboxylic acid groups (broad SMARTS) is 1. The van der Waals surface area contributed by atoms with Crippen molar-refractivity contribution in [2.45, 2.75) is 19.9 Å². The number of piperazine rings is 1. The number of carbonyl (C=O) groups excluding carboxylic acids is 1. The van der Waals surface area contributed by atoms with E-state index in [-0.39, 0.29) is 11.7 Å². The van der Waals surface area contributed by atoms with Crippen molar-refractivity contribution < 1.29 is 14.7 Å². The van der Waals surface area contributed by atoms with Crippen LogP contribution in [0.3, 0.4) is 0 Å². The van der Waals surface area contributed by atoms with Crippen LogP contribution in [-0.2, 0) is 4.79 Å². The average Bonchev–Trinajstić information content (AvgIpc) is 2.84. The van der Waals surface area contributed by atoms with Crippen LogP contribution in [0.5, 0.6) is 0 Å². The molecule has 0 aliphatic carbocycles. The summed E-state index contributed by atoms with van der Waals surface area (Å²) in [6, 6.07) is -0.525. The van der Waals surface area contributed by atoms with Crippen molar-refractivity contribution in [1.82, 2.24) is 25.0 Å². The first kappa shape index (κ1) is 13.5. The summed E-state index contributed by atoms with van der Waals surface area (Å²) in [6.07, 6.45) is 0. The zero-order chi connectivity index (χ0) is 14.0. The van der Waals surface area contributed by atoms with Gasteiger partial charge in [0.2, 0.25) is 5.82 Å². The van der Waals surface area contributed by atoms with Gasteiger partial charge in [-0.2, -0.15) is 0 Å². The molecule has 0 spiro atoms. The maximum absolute atomic E-state index is 12.1. The first-order valence-corrected chi connectivity index (χ1v) is 6.14. The van der Waals surface area contributed by atoms with Crippen LogP contribution in [0.2, 0.25) is 0 Å². The fourth-order valence-corrected chi connectivity index (χ4v) is 2.05. The van der Waals surface area contributed by atoms with Crippen molar-refractivity contribution in [1.29, 1.82) is 0 Å². The van der Waals surface area contributed by atoms with Crippen LogP contribution in [0, 0.1) is 6.92 Å². The Kier molecular flexibility index (Phi) is 3.79. The molecule has 1 aliphatic heterocycles. The Morgan fingerprint density at radius 3 is 2.42 bits per heavy atom. The molecule has 1 unspecified atom stereocenters. The van der Waals surface area contributed by atoms with Gasteiger partial charge in [-0.3, -0.25) is 19.6 Å². The van der Waals surface area contributed by atoms with E-state index in [2.05, 4.69) is 15.2 Å². The lowest BCUT2D eigenvalue weighted by molar-refractivity contribution is -0.143. The highest BCUT2D eigenvalue weighted by atomic mass is 16.4. The van der Waals surface area contributed by atoms with Gasteiger partial charge in [0.1, 0.15) is 11.9 Å². The molecule has 0 aromatic carbocycles. The summed E-state index contributed by atoms with van der Waals surface area (Å²) in [7, 11) is 0. The second-order valence-electron chi connectivity index (χ2n) is 4.59. The zero-order valence-corrected chi connectivity index (χ0v) is 11.0. The van der Waals surface area contributed by atoms with Crippen LogP contribution < -0.4 is 0 Å². The highest BCUT2D eigenvalue weighted by Crippen LogP contribution is 2.09. The van der Waals surface area contributed by atoms with E-state index >= 15 is 0 Å². The van der Waals surface area contributed by atoms with Crippen molar-refractivity contribution >= 4 is 11.9 Å². The molecule has 0 bridgehead atoms. The van der Waals surface area contributed by atoms with Crippen LogP contribution in [0.15, 0.2) is 0 Å². The van der Waals surface area contributed by atoms with Crippen molar-refractivity contribution in [2.24, 2.45) is 0 Å². The zero-order valence-electron chi connectivity index (χ0n) is 11.0. The minimum atomic E-state index is -0.843. The normalized spacial score (nSPS) is 18.3. The van der Waals surface area contributed by atoms with E-state index in [1.54, 1.807) is 18.7 Å². The Morgan fingerprint density at radius 1 is 1.32 bits per heavy atom. The van der Waals surface area contributed by atoms with Gasteiger partial charge < -0.3 is 10.0 Å². The van der Waals surface area contributed by atoms with E-state index in [0.29, 0.717) is 32.0 Å². The lowest BCUT2D eigenvalue weighted by atomic mass is 10.2.